The molecule has 0 aromatic heterocycles. The number of thioether (sulfide) groups is 1. The Balaban J connectivity index is 2.40. The van der Waals surface area contributed by atoms with Crippen LogP contribution in [0.3, 0.4) is 0 Å². The van der Waals surface area contributed by atoms with Gasteiger partial charge in [-0.05, 0) is 18.3 Å². The number of urea groups is 1. The van der Waals surface area contributed by atoms with Gasteiger partial charge in [-0.2, -0.15) is 11.8 Å². The molecule has 0 aliphatic carbocycles. The fourth-order valence-electron chi connectivity index (χ4n) is 2.50. The maximum atomic E-state index is 12.1. The molecule has 2 N–H and O–H groups in total. The molecule has 2 atom stereocenters. The SMILES string of the molecule is CC(C)CC(CNC(=O)N1CCSC(C)C1)CC(=O)O. The van der Waals surface area contributed by atoms with Crippen LogP contribution in [0.2, 0.25) is 0 Å². The van der Waals surface area contributed by atoms with Crippen molar-refractivity contribution in [2.45, 2.75) is 38.9 Å². The number of aliphatic carboxylic acids is 1. The first-order chi connectivity index (χ1) is 9.38. The van der Waals surface area contributed by atoms with E-state index in [1.165, 1.54) is 0 Å². The summed E-state index contributed by atoms with van der Waals surface area (Å²) < 4.78 is 0. The molecule has 5 nitrogen and oxygen atoms in total. The van der Waals surface area contributed by atoms with Crippen LogP contribution in [0.5, 0.6) is 0 Å². The topological polar surface area (TPSA) is 69.6 Å². The summed E-state index contributed by atoms with van der Waals surface area (Å²) in [5.41, 5.74) is 0. The van der Waals surface area contributed by atoms with Crippen LogP contribution in [0.1, 0.15) is 33.6 Å². The number of nitrogens with one attached hydrogen (secondary N) is 1. The summed E-state index contributed by atoms with van der Waals surface area (Å²) in [6.07, 6.45) is 0.934. The molecule has 116 valence electrons. The number of nitrogens with zero attached hydrogens (tertiary/aromatic N) is 1. The zero-order valence-electron chi connectivity index (χ0n) is 12.6. The summed E-state index contributed by atoms with van der Waals surface area (Å²) in [5, 5.41) is 12.3. The van der Waals surface area contributed by atoms with Crippen LogP contribution in [0.25, 0.3) is 0 Å². The third-order valence-corrected chi connectivity index (χ3v) is 4.47. The van der Waals surface area contributed by atoms with Gasteiger partial charge in [-0.3, -0.25) is 4.79 Å². The van der Waals surface area contributed by atoms with Gasteiger partial charge in [0, 0.05) is 37.1 Å². The number of carbonyl (C=O) groups is 2. The van der Waals surface area contributed by atoms with Crippen LogP contribution in [0.4, 0.5) is 4.79 Å². The van der Waals surface area contributed by atoms with Crippen molar-refractivity contribution in [3.8, 4) is 0 Å². The largest absolute Gasteiger partial charge is 0.481 e. The van der Waals surface area contributed by atoms with Gasteiger partial charge in [-0.1, -0.05) is 20.8 Å². The highest BCUT2D eigenvalue weighted by molar-refractivity contribution is 7.99. The van der Waals surface area contributed by atoms with Crippen molar-refractivity contribution >= 4 is 23.8 Å². The summed E-state index contributed by atoms with van der Waals surface area (Å²) in [6, 6.07) is -0.0590. The van der Waals surface area contributed by atoms with Gasteiger partial charge in [0.25, 0.3) is 0 Å². The molecule has 1 heterocycles. The number of carboxylic acids is 1. The van der Waals surface area contributed by atoms with E-state index >= 15 is 0 Å². The third-order valence-electron chi connectivity index (χ3n) is 3.34. The van der Waals surface area contributed by atoms with Crippen LogP contribution in [-0.4, -0.2) is 52.6 Å². The quantitative estimate of drug-likeness (QED) is 0.789. The fraction of sp³-hybridized carbons (Fsp3) is 0.857. The summed E-state index contributed by atoms with van der Waals surface area (Å²) in [7, 11) is 0. The molecule has 2 amide bonds. The van der Waals surface area contributed by atoms with Gasteiger partial charge >= 0.3 is 12.0 Å². The molecule has 1 aliphatic rings. The van der Waals surface area contributed by atoms with Crippen molar-refractivity contribution in [1.29, 1.82) is 0 Å². The second-order valence-electron chi connectivity index (χ2n) is 5.91. The molecule has 0 radical (unpaired) electrons. The van der Waals surface area contributed by atoms with Gasteiger partial charge in [0.05, 0.1) is 0 Å². The normalized spacial score (nSPS) is 20.8. The minimum atomic E-state index is -0.798. The smallest absolute Gasteiger partial charge is 0.317 e. The van der Waals surface area contributed by atoms with E-state index in [0.29, 0.717) is 17.7 Å². The van der Waals surface area contributed by atoms with Crippen molar-refractivity contribution in [1.82, 2.24) is 10.2 Å². The number of hydrogen-bond acceptors (Lipinski definition) is 3. The first kappa shape index (κ1) is 17.1. The Hall–Kier alpha value is -0.910. The lowest BCUT2D eigenvalue weighted by Gasteiger charge is -2.31. The molecular formula is C14H26N2O3S. The van der Waals surface area contributed by atoms with Crippen molar-refractivity contribution in [3.05, 3.63) is 0 Å². The van der Waals surface area contributed by atoms with Crippen molar-refractivity contribution < 1.29 is 14.7 Å². The Bertz CT molecular complexity index is 336. The Kier molecular flexibility index (Phi) is 7.19. The third kappa shape index (κ3) is 6.50. The van der Waals surface area contributed by atoms with Crippen LogP contribution in [-0.2, 0) is 4.79 Å². The Morgan fingerprint density at radius 1 is 1.45 bits per heavy atom. The van der Waals surface area contributed by atoms with Gasteiger partial charge in [0.15, 0.2) is 0 Å². The Morgan fingerprint density at radius 3 is 2.70 bits per heavy atom. The van der Waals surface area contributed by atoms with Gasteiger partial charge < -0.3 is 15.3 Å². The van der Waals surface area contributed by atoms with Gasteiger partial charge in [0.2, 0.25) is 0 Å². The standard InChI is InChI=1S/C14H26N2O3S/c1-10(2)6-12(7-13(17)18)8-15-14(19)16-4-5-20-11(3)9-16/h10-12H,4-9H2,1-3H3,(H,15,19)(H,17,18). The molecule has 1 aliphatic heterocycles. The van der Waals surface area contributed by atoms with Crippen LogP contribution < -0.4 is 5.32 Å². The lowest BCUT2D eigenvalue weighted by Crippen LogP contribution is -2.47. The summed E-state index contributed by atoms with van der Waals surface area (Å²) in [6.45, 7) is 8.25. The fourth-order valence-corrected chi connectivity index (χ4v) is 3.51. The number of rotatable bonds is 6. The first-order valence-electron chi connectivity index (χ1n) is 7.24. The lowest BCUT2D eigenvalue weighted by molar-refractivity contribution is -0.138. The second-order valence-corrected chi connectivity index (χ2v) is 7.45. The minimum Gasteiger partial charge on any atom is -0.481 e. The monoisotopic (exact) mass is 302 g/mol. The van der Waals surface area contributed by atoms with Gasteiger partial charge in [-0.15, -0.1) is 0 Å². The predicted octanol–water partition coefficient (Wildman–Crippen LogP) is 2.27. The maximum absolute atomic E-state index is 12.1. The molecule has 0 aromatic rings. The average Bonchev–Trinajstić information content (AvgIpc) is 2.34. The van der Waals surface area contributed by atoms with E-state index in [-0.39, 0.29) is 18.4 Å². The maximum Gasteiger partial charge on any atom is 0.317 e. The zero-order chi connectivity index (χ0) is 15.1. The Labute approximate surface area is 125 Å². The van der Waals surface area contributed by atoms with E-state index < -0.39 is 5.97 Å². The first-order valence-corrected chi connectivity index (χ1v) is 8.29. The molecule has 1 rings (SSSR count). The predicted molar refractivity (Wildman–Crippen MR) is 82.1 cm³/mol. The van der Waals surface area contributed by atoms with Gasteiger partial charge in [-0.25, -0.2) is 4.79 Å². The van der Waals surface area contributed by atoms with E-state index in [4.69, 9.17) is 5.11 Å². The summed E-state index contributed by atoms with van der Waals surface area (Å²) in [4.78, 5) is 24.8. The average molecular weight is 302 g/mol. The highest BCUT2D eigenvalue weighted by Gasteiger charge is 2.22. The Morgan fingerprint density at radius 2 is 2.15 bits per heavy atom. The molecule has 20 heavy (non-hydrogen) atoms. The molecule has 0 saturated carbocycles. The molecule has 1 fully saturated rings. The van der Waals surface area contributed by atoms with E-state index in [0.717, 1.165) is 25.3 Å². The molecule has 1 saturated heterocycles. The summed E-state index contributed by atoms with van der Waals surface area (Å²) in [5.74, 6) is 0.614. The molecule has 0 spiro atoms. The molecule has 6 heteroatoms. The van der Waals surface area contributed by atoms with E-state index in [1.54, 1.807) is 0 Å². The van der Waals surface area contributed by atoms with Crippen molar-refractivity contribution in [2.75, 3.05) is 25.4 Å². The second kappa shape index (κ2) is 8.39. The van der Waals surface area contributed by atoms with E-state index in [9.17, 15) is 9.59 Å². The van der Waals surface area contributed by atoms with Crippen molar-refractivity contribution in [2.24, 2.45) is 11.8 Å². The van der Waals surface area contributed by atoms with Crippen LogP contribution in [0, 0.1) is 11.8 Å². The highest BCUT2D eigenvalue weighted by atomic mass is 32.2. The number of carboxylic acid groups (broad SMARTS) is 1. The number of amides is 2. The molecule has 0 bridgehead atoms. The van der Waals surface area contributed by atoms with E-state index in [2.05, 4.69) is 26.1 Å². The number of hydrogen-bond donors (Lipinski definition) is 2. The number of carbonyl (C=O) groups excluding carboxylic acids is 1. The molecule has 0 aromatic carbocycles. The minimum absolute atomic E-state index is 0.00744. The van der Waals surface area contributed by atoms with Crippen molar-refractivity contribution in [3.63, 3.8) is 0 Å². The van der Waals surface area contributed by atoms with Crippen LogP contribution >= 0.6 is 11.8 Å². The van der Waals surface area contributed by atoms with E-state index in [1.807, 2.05) is 16.7 Å². The summed E-state index contributed by atoms with van der Waals surface area (Å²) >= 11 is 1.88. The molecular weight excluding hydrogens is 276 g/mol. The lowest BCUT2D eigenvalue weighted by atomic mass is 9.94. The highest BCUT2D eigenvalue weighted by Crippen LogP contribution is 2.18. The zero-order valence-corrected chi connectivity index (χ0v) is 13.4. The molecule has 2 unspecified atom stereocenters. The van der Waals surface area contributed by atoms with Crippen LogP contribution in [0.15, 0.2) is 0 Å². The van der Waals surface area contributed by atoms with Gasteiger partial charge in [0.1, 0.15) is 0 Å².